The Balaban J connectivity index is 2.21. The zero-order chi connectivity index (χ0) is 11.8. The van der Waals surface area contributed by atoms with Crippen molar-refractivity contribution >= 4 is 11.6 Å². The molecule has 0 aliphatic carbocycles. The lowest BCUT2D eigenvalue weighted by molar-refractivity contribution is 0.313. The molecule has 0 aliphatic heterocycles. The molecule has 0 heterocycles. The van der Waals surface area contributed by atoms with Gasteiger partial charge in [0.2, 0.25) is 0 Å². The van der Waals surface area contributed by atoms with Gasteiger partial charge in [-0.2, -0.15) is 0 Å². The van der Waals surface area contributed by atoms with E-state index in [1.54, 1.807) is 6.07 Å². The van der Waals surface area contributed by atoms with Crippen molar-refractivity contribution in [2.24, 2.45) is 0 Å². The van der Waals surface area contributed by atoms with Crippen LogP contribution in [0.15, 0.2) is 18.2 Å². The molecular weight excluding hydrogens is 229 g/mol. The summed E-state index contributed by atoms with van der Waals surface area (Å²) in [6.07, 6.45) is 2.34. The van der Waals surface area contributed by atoms with Gasteiger partial charge < -0.3 is 10.1 Å². The Morgan fingerprint density at radius 3 is 2.88 bits per heavy atom. The number of hydrogen-bond donors (Lipinski definition) is 1. The predicted octanol–water partition coefficient (Wildman–Crippen LogP) is 3.25. The van der Waals surface area contributed by atoms with Crippen LogP contribution < -0.4 is 10.1 Å². The fourth-order valence-corrected chi connectivity index (χ4v) is 1.47. The third-order valence-electron chi connectivity index (χ3n) is 2.14. The maximum atomic E-state index is 12.7. The lowest BCUT2D eigenvalue weighted by atomic mass is 10.3. The molecule has 0 aliphatic rings. The van der Waals surface area contributed by atoms with Gasteiger partial charge in [-0.05, 0) is 31.2 Å². The van der Waals surface area contributed by atoms with Crippen LogP contribution in [0.2, 0.25) is 5.02 Å². The molecule has 0 amide bonds. The van der Waals surface area contributed by atoms with Gasteiger partial charge in [-0.15, -0.1) is 0 Å². The van der Waals surface area contributed by atoms with Crippen LogP contribution in [0.4, 0.5) is 4.39 Å². The minimum Gasteiger partial charge on any atom is -0.491 e. The molecule has 0 atom stereocenters. The van der Waals surface area contributed by atoms with Crippen molar-refractivity contribution in [3.63, 3.8) is 0 Å². The monoisotopic (exact) mass is 245 g/mol. The molecule has 0 spiro atoms. The minimum atomic E-state index is -0.349. The molecule has 4 heteroatoms. The van der Waals surface area contributed by atoms with E-state index in [4.69, 9.17) is 16.3 Å². The molecule has 90 valence electrons. The number of hydrogen-bond acceptors (Lipinski definition) is 2. The second kappa shape index (κ2) is 7.47. The number of rotatable bonds is 7. The summed E-state index contributed by atoms with van der Waals surface area (Å²) >= 11 is 5.81. The first-order chi connectivity index (χ1) is 7.74. The summed E-state index contributed by atoms with van der Waals surface area (Å²) in [4.78, 5) is 0. The fourth-order valence-electron chi connectivity index (χ4n) is 1.25. The fraction of sp³-hybridized carbons (Fsp3) is 0.500. The third-order valence-corrected chi connectivity index (χ3v) is 2.43. The largest absolute Gasteiger partial charge is 0.491 e. The summed E-state index contributed by atoms with van der Waals surface area (Å²) in [5.41, 5.74) is 0. The zero-order valence-electron chi connectivity index (χ0n) is 9.43. The van der Waals surface area contributed by atoms with E-state index >= 15 is 0 Å². The van der Waals surface area contributed by atoms with Gasteiger partial charge in [0, 0.05) is 6.54 Å². The average molecular weight is 246 g/mol. The summed E-state index contributed by atoms with van der Waals surface area (Å²) < 4.78 is 18.1. The van der Waals surface area contributed by atoms with Gasteiger partial charge in [-0.1, -0.05) is 24.9 Å². The van der Waals surface area contributed by atoms with Gasteiger partial charge in [0.1, 0.15) is 18.2 Å². The second-order valence-electron chi connectivity index (χ2n) is 3.53. The average Bonchev–Trinajstić information content (AvgIpc) is 2.26. The van der Waals surface area contributed by atoms with Crippen LogP contribution in [0.1, 0.15) is 19.8 Å². The lowest BCUT2D eigenvalue weighted by Gasteiger charge is -2.08. The van der Waals surface area contributed by atoms with Crippen molar-refractivity contribution in [1.29, 1.82) is 0 Å². The minimum absolute atomic E-state index is 0.313. The molecule has 0 saturated heterocycles. The Kier molecular flexibility index (Phi) is 6.19. The van der Waals surface area contributed by atoms with Crippen molar-refractivity contribution in [1.82, 2.24) is 5.32 Å². The molecule has 0 aromatic heterocycles. The Bertz CT molecular complexity index is 320. The summed E-state index contributed by atoms with van der Waals surface area (Å²) in [6, 6.07) is 4.14. The molecule has 16 heavy (non-hydrogen) atoms. The molecule has 1 aromatic rings. The molecule has 0 radical (unpaired) electrons. The smallest absolute Gasteiger partial charge is 0.138 e. The van der Waals surface area contributed by atoms with E-state index in [-0.39, 0.29) is 5.82 Å². The number of nitrogens with one attached hydrogen (secondary N) is 1. The van der Waals surface area contributed by atoms with Gasteiger partial charge in [0.25, 0.3) is 0 Å². The van der Waals surface area contributed by atoms with Crippen LogP contribution in [-0.2, 0) is 0 Å². The number of unbranched alkanes of at least 4 members (excludes halogenated alkanes) is 1. The first-order valence-corrected chi connectivity index (χ1v) is 5.90. The highest BCUT2D eigenvalue weighted by atomic mass is 35.5. The predicted molar refractivity (Wildman–Crippen MR) is 64.7 cm³/mol. The maximum Gasteiger partial charge on any atom is 0.138 e. The molecule has 0 saturated carbocycles. The molecule has 0 fully saturated rings. The van der Waals surface area contributed by atoms with Gasteiger partial charge in [0.15, 0.2) is 0 Å². The maximum absolute atomic E-state index is 12.7. The van der Waals surface area contributed by atoms with E-state index in [0.29, 0.717) is 17.4 Å². The van der Waals surface area contributed by atoms with E-state index in [2.05, 4.69) is 12.2 Å². The Morgan fingerprint density at radius 1 is 1.38 bits per heavy atom. The summed E-state index contributed by atoms with van der Waals surface area (Å²) in [7, 11) is 0. The van der Waals surface area contributed by atoms with Gasteiger partial charge in [-0.3, -0.25) is 0 Å². The molecule has 1 rings (SSSR count). The van der Waals surface area contributed by atoms with E-state index in [0.717, 1.165) is 19.5 Å². The molecule has 0 unspecified atom stereocenters. The van der Waals surface area contributed by atoms with Crippen LogP contribution in [0.25, 0.3) is 0 Å². The number of halogens is 2. The topological polar surface area (TPSA) is 21.3 Å². The Labute approximate surface area is 101 Å². The van der Waals surface area contributed by atoms with Crippen molar-refractivity contribution in [2.75, 3.05) is 19.7 Å². The quantitative estimate of drug-likeness (QED) is 0.745. The Hall–Kier alpha value is -0.800. The van der Waals surface area contributed by atoms with Crippen molar-refractivity contribution in [3.8, 4) is 5.75 Å². The molecule has 1 aromatic carbocycles. The first kappa shape index (κ1) is 13.3. The van der Waals surface area contributed by atoms with Gasteiger partial charge in [-0.25, -0.2) is 4.39 Å². The van der Waals surface area contributed by atoms with E-state index < -0.39 is 0 Å². The summed E-state index contributed by atoms with van der Waals surface area (Å²) in [5, 5.41) is 3.56. The van der Waals surface area contributed by atoms with E-state index in [1.807, 2.05) is 0 Å². The number of benzene rings is 1. The number of ether oxygens (including phenoxy) is 1. The molecule has 1 N–H and O–H groups in total. The lowest BCUT2D eigenvalue weighted by Crippen LogP contribution is -2.22. The van der Waals surface area contributed by atoms with Gasteiger partial charge in [0.05, 0.1) is 5.02 Å². The molecule has 0 bridgehead atoms. The van der Waals surface area contributed by atoms with Crippen LogP contribution in [0.3, 0.4) is 0 Å². The third kappa shape index (κ3) is 4.81. The van der Waals surface area contributed by atoms with Crippen LogP contribution in [0, 0.1) is 5.82 Å². The molecule has 2 nitrogen and oxygen atoms in total. The summed E-state index contributed by atoms with van der Waals surface area (Å²) in [5.74, 6) is 0.179. The standard InChI is InChI=1S/C12H17ClFNO/c1-2-3-6-15-7-8-16-12-5-4-10(14)9-11(12)13/h4-5,9,15H,2-3,6-8H2,1H3. The zero-order valence-corrected chi connectivity index (χ0v) is 10.2. The highest BCUT2D eigenvalue weighted by molar-refractivity contribution is 6.32. The van der Waals surface area contributed by atoms with Crippen molar-refractivity contribution in [3.05, 3.63) is 29.0 Å². The van der Waals surface area contributed by atoms with E-state index in [1.165, 1.54) is 18.6 Å². The SMILES string of the molecule is CCCCNCCOc1ccc(F)cc1Cl. The van der Waals surface area contributed by atoms with Crippen molar-refractivity contribution < 1.29 is 9.13 Å². The normalized spacial score (nSPS) is 10.4. The van der Waals surface area contributed by atoms with Crippen molar-refractivity contribution in [2.45, 2.75) is 19.8 Å². The van der Waals surface area contributed by atoms with E-state index in [9.17, 15) is 4.39 Å². The summed E-state index contributed by atoms with van der Waals surface area (Å²) in [6.45, 7) is 4.45. The van der Waals surface area contributed by atoms with Crippen LogP contribution in [-0.4, -0.2) is 19.7 Å². The molecular formula is C12H17ClFNO. The second-order valence-corrected chi connectivity index (χ2v) is 3.93. The highest BCUT2D eigenvalue weighted by Crippen LogP contribution is 2.24. The van der Waals surface area contributed by atoms with Gasteiger partial charge >= 0.3 is 0 Å². The first-order valence-electron chi connectivity index (χ1n) is 5.52. The van der Waals surface area contributed by atoms with Crippen LogP contribution in [0.5, 0.6) is 5.75 Å². The highest BCUT2D eigenvalue weighted by Gasteiger charge is 2.02. The Morgan fingerprint density at radius 2 is 2.19 bits per heavy atom. The van der Waals surface area contributed by atoms with Crippen LogP contribution >= 0.6 is 11.6 Å².